The molecule has 0 saturated carbocycles. The third-order valence-electron chi connectivity index (χ3n) is 2.75. The summed E-state index contributed by atoms with van der Waals surface area (Å²) in [4.78, 5) is 23.3. The number of rotatable bonds is 5. The van der Waals surface area contributed by atoms with Crippen LogP contribution in [0.5, 0.6) is 5.75 Å². The van der Waals surface area contributed by atoms with Crippen LogP contribution in [0.15, 0.2) is 18.2 Å². The molecule has 2 atom stereocenters. The molecule has 0 saturated heterocycles. The predicted octanol–water partition coefficient (Wildman–Crippen LogP) is 1.50. The molecule has 0 fully saturated rings. The molecule has 0 aliphatic carbocycles. The lowest BCUT2D eigenvalue weighted by molar-refractivity contribution is -0.385. The predicted molar refractivity (Wildman–Crippen MR) is 72.5 cm³/mol. The van der Waals surface area contributed by atoms with Gasteiger partial charge in [-0.2, -0.15) is 0 Å². The number of aliphatic hydroxyl groups excluding tert-OH is 1. The molecule has 7 heteroatoms. The van der Waals surface area contributed by atoms with Crippen LogP contribution in [0.3, 0.4) is 0 Å². The van der Waals surface area contributed by atoms with Gasteiger partial charge in [-0.15, -0.1) is 0 Å². The van der Waals surface area contributed by atoms with E-state index in [0.717, 1.165) is 0 Å². The lowest BCUT2D eigenvalue weighted by Gasteiger charge is -2.20. The fraction of sp³-hybridized carbons (Fsp3) is 0.462. The van der Waals surface area contributed by atoms with Crippen molar-refractivity contribution in [3.8, 4) is 5.75 Å². The zero-order valence-electron chi connectivity index (χ0n) is 11.9. The van der Waals surface area contributed by atoms with Gasteiger partial charge in [0.2, 0.25) is 0 Å². The third kappa shape index (κ3) is 3.67. The minimum Gasteiger partial charge on any atom is -0.481 e. The molecule has 1 aromatic carbocycles. The molecule has 1 rings (SSSR count). The molecule has 1 unspecified atom stereocenters. The van der Waals surface area contributed by atoms with E-state index in [2.05, 4.69) is 0 Å². The standard InChI is InChI=1S/C13H18N2O5/c1-8(16)11-7-10(15(18)19)5-6-12(11)20-9(2)13(17)14(3)4/h5-9,16H,1-4H3/t8-,9?/m1/s1. The summed E-state index contributed by atoms with van der Waals surface area (Å²) in [6.07, 6.45) is -1.68. The van der Waals surface area contributed by atoms with Crippen molar-refractivity contribution in [3.05, 3.63) is 33.9 Å². The van der Waals surface area contributed by atoms with E-state index in [1.165, 1.54) is 30.0 Å². The summed E-state index contributed by atoms with van der Waals surface area (Å²) in [5.74, 6) is 0.0215. The quantitative estimate of drug-likeness (QED) is 0.652. The smallest absolute Gasteiger partial charge is 0.270 e. The number of carbonyl (C=O) groups is 1. The Bertz CT molecular complexity index is 513. The topological polar surface area (TPSA) is 92.9 Å². The molecule has 0 aromatic heterocycles. The maximum Gasteiger partial charge on any atom is 0.270 e. The van der Waals surface area contributed by atoms with Gasteiger partial charge in [0.15, 0.2) is 6.10 Å². The Labute approximate surface area is 116 Å². The number of nitro groups is 1. The van der Waals surface area contributed by atoms with Crippen molar-refractivity contribution in [1.82, 2.24) is 4.90 Å². The number of hydrogen-bond acceptors (Lipinski definition) is 5. The zero-order valence-corrected chi connectivity index (χ0v) is 11.9. The van der Waals surface area contributed by atoms with Crippen LogP contribution in [0, 0.1) is 10.1 Å². The monoisotopic (exact) mass is 282 g/mol. The van der Waals surface area contributed by atoms with Crippen molar-refractivity contribution in [2.75, 3.05) is 14.1 Å². The Morgan fingerprint density at radius 3 is 2.45 bits per heavy atom. The van der Waals surface area contributed by atoms with Crippen molar-refractivity contribution in [3.63, 3.8) is 0 Å². The minimum absolute atomic E-state index is 0.139. The second-order valence-corrected chi connectivity index (χ2v) is 4.65. The summed E-state index contributed by atoms with van der Waals surface area (Å²) < 4.78 is 5.49. The Hall–Kier alpha value is -2.15. The number of likely N-dealkylation sites (N-methyl/N-ethyl adjacent to an activating group) is 1. The molecule has 0 aliphatic rings. The number of benzene rings is 1. The fourth-order valence-corrected chi connectivity index (χ4v) is 1.69. The average molecular weight is 282 g/mol. The zero-order chi connectivity index (χ0) is 15.4. The molecule has 1 amide bonds. The van der Waals surface area contributed by atoms with Crippen LogP contribution >= 0.6 is 0 Å². The van der Waals surface area contributed by atoms with Crippen molar-refractivity contribution < 1.29 is 19.6 Å². The van der Waals surface area contributed by atoms with Crippen LogP contribution in [-0.4, -0.2) is 41.0 Å². The van der Waals surface area contributed by atoms with E-state index in [-0.39, 0.29) is 22.9 Å². The van der Waals surface area contributed by atoms with Gasteiger partial charge in [-0.3, -0.25) is 14.9 Å². The van der Waals surface area contributed by atoms with Crippen LogP contribution in [0.4, 0.5) is 5.69 Å². The number of carbonyl (C=O) groups excluding carboxylic acids is 1. The maximum absolute atomic E-state index is 11.7. The van der Waals surface area contributed by atoms with E-state index < -0.39 is 17.1 Å². The largest absolute Gasteiger partial charge is 0.481 e. The Morgan fingerprint density at radius 1 is 1.40 bits per heavy atom. The van der Waals surface area contributed by atoms with Crippen LogP contribution < -0.4 is 4.74 Å². The van der Waals surface area contributed by atoms with Gasteiger partial charge in [0.05, 0.1) is 11.0 Å². The highest BCUT2D eigenvalue weighted by atomic mass is 16.6. The minimum atomic E-state index is -0.938. The van der Waals surface area contributed by atoms with Gasteiger partial charge in [0.25, 0.3) is 11.6 Å². The SMILES string of the molecule is CC(Oc1ccc([N+](=O)[O-])cc1[C@@H](C)O)C(=O)N(C)C. The maximum atomic E-state index is 11.7. The molecule has 7 nitrogen and oxygen atoms in total. The number of hydrogen-bond donors (Lipinski definition) is 1. The lowest BCUT2D eigenvalue weighted by atomic mass is 10.1. The fourth-order valence-electron chi connectivity index (χ4n) is 1.69. The van der Waals surface area contributed by atoms with E-state index in [9.17, 15) is 20.0 Å². The summed E-state index contributed by atoms with van der Waals surface area (Å²) in [5, 5.41) is 20.4. The van der Waals surface area contributed by atoms with Crippen LogP contribution in [0.1, 0.15) is 25.5 Å². The molecule has 20 heavy (non-hydrogen) atoms. The molecule has 0 aliphatic heterocycles. The van der Waals surface area contributed by atoms with E-state index in [1.807, 2.05) is 0 Å². The van der Waals surface area contributed by atoms with Crippen molar-refractivity contribution in [2.24, 2.45) is 0 Å². The number of amides is 1. The van der Waals surface area contributed by atoms with Crippen molar-refractivity contribution in [2.45, 2.75) is 26.1 Å². The van der Waals surface area contributed by atoms with Gasteiger partial charge in [0.1, 0.15) is 5.75 Å². The molecule has 110 valence electrons. The highest BCUT2D eigenvalue weighted by Crippen LogP contribution is 2.30. The first-order valence-electron chi connectivity index (χ1n) is 6.08. The molecule has 0 heterocycles. The molecule has 0 bridgehead atoms. The highest BCUT2D eigenvalue weighted by molar-refractivity contribution is 5.80. The lowest BCUT2D eigenvalue weighted by Crippen LogP contribution is -2.35. The number of nitro benzene ring substituents is 1. The summed E-state index contributed by atoms with van der Waals surface area (Å²) >= 11 is 0. The molecular formula is C13H18N2O5. The van der Waals surface area contributed by atoms with E-state index in [1.54, 1.807) is 21.0 Å². The van der Waals surface area contributed by atoms with Gasteiger partial charge >= 0.3 is 0 Å². The third-order valence-corrected chi connectivity index (χ3v) is 2.75. The molecule has 0 spiro atoms. The molecule has 0 radical (unpaired) electrons. The van der Waals surface area contributed by atoms with E-state index >= 15 is 0 Å². The van der Waals surface area contributed by atoms with E-state index in [4.69, 9.17) is 4.74 Å². The summed E-state index contributed by atoms with van der Waals surface area (Å²) in [6.45, 7) is 3.06. The van der Waals surface area contributed by atoms with Gasteiger partial charge in [-0.1, -0.05) is 0 Å². The van der Waals surface area contributed by atoms with Crippen LogP contribution in [0.25, 0.3) is 0 Å². The average Bonchev–Trinajstić information content (AvgIpc) is 2.37. The van der Waals surface area contributed by atoms with Crippen LogP contribution in [-0.2, 0) is 4.79 Å². The Morgan fingerprint density at radius 2 is 2.00 bits per heavy atom. The highest BCUT2D eigenvalue weighted by Gasteiger charge is 2.21. The second kappa shape index (κ2) is 6.33. The summed E-state index contributed by atoms with van der Waals surface area (Å²) in [5.41, 5.74) is 0.137. The van der Waals surface area contributed by atoms with Gasteiger partial charge in [-0.25, -0.2) is 0 Å². The number of ether oxygens (including phenoxy) is 1. The van der Waals surface area contributed by atoms with Gasteiger partial charge in [0, 0.05) is 31.8 Å². The second-order valence-electron chi connectivity index (χ2n) is 4.65. The Kier molecular flexibility index (Phi) is 5.04. The normalized spacial score (nSPS) is 13.4. The van der Waals surface area contributed by atoms with Gasteiger partial charge < -0.3 is 14.7 Å². The van der Waals surface area contributed by atoms with E-state index in [0.29, 0.717) is 0 Å². The molecular weight excluding hydrogens is 264 g/mol. The number of aliphatic hydroxyl groups is 1. The molecule has 1 N–H and O–H groups in total. The van der Waals surface area contributed by atoms with Crippen molar-refractivity contribution in [1.29, 1.82) is 0 Å². The Balaban J connectivity index is 3.06. The summed E-state index contributed by atoms with van der Waals surface area (Å²) in [6, 6.07) is 3.90. The van der Waals surface area contributed by atoms with Gasteiger partial charge in [-0.05, 0) is 19.9 Å². The van der Waals surface area contributed by atoms with Crippen LogP contribution in [0.2, 0.25) is 0 Å². The van der Waals surface area contributed by atoms with Crippen molar-refractivity contribution >= 4 is 11.6 Å². The number of non-ortho nitro benzene ring substituents is 1. The first-order valence-corrected chi connectivity index (χ1v) is 6.08. The number of nitrogens with zero attached hydrogens (tertiary/aromatic N) is 2. The molecule has 1 aromatic rings. The summed E-state index contributed by atoms with van der Waals surface area (Å²) in [7, 11) is 3.21. The first kappa shape index (κ1) is 15.9. The first-order chi connectivity index (χ1) is 9.23.